The highest BCUT2D eigenvalue weighted by Gasteiger charge is 2.27. The summed E-state index contributed by atoms with van der Waals surface area (Å²) >= 11 is 0. The summed E-state index contributed by atoms with van der Waals surface area (Å²) in [6, 6.07) is 9.90. The topological polar surface area (TPSA) is 20.2 Å². The third kappa shape index (κ3) is 2.58. The molecule has 1 nitrogen and oxygen atoms in total. The van der Waals surface area contributed by atoms with Crippen molar-refractivity contribution in [2.24, 2.45) is 5.41 Å². The van der Waals surface area contributed by atoms with Gasteiger partial charge in [0.2, 0.25) is 0 Å². The first kappa shape index (κ1) is 11.3. The van der Waals surface area contributed by atoms with Crippen LogP contribution >= 0.6 is 0 Å². The zero-order chi connectivity index (χ0) is 10.6. The molecule has 0 radical (unpaired) electrons. The highest BCUT2D eigenvalue weighted by Crippen LogP contribution is 2.36. The minimum atomic E-state index is -0.358. The smallest absolute Gasteiger partial charge is 0.0840 e. The third-order valence-electron chi connectivity index (χ3n) is 2.75. The van der Waals surface area contributed by atoms with E-state index in [1.54, 1.807) is 0 Å². The van der Waals surface area contributed by atoms with Crippen molar-refractivity contribution in [3.63, 3.8) is 0 Å². The van der Waals surface area contributed by atoms with Gasteiger partial charge in [0.1, 0.15) is 0 Å². The lowest BCUT2D eigenvalue weighted by Crippen LogP contribution is -2.21. The van der Waals surface area contributed by atoms with Gasteiger partial charge in [0, 0.05) is 0 Å². The zero-order valence-corrected chi connectivity index (χ0v) is 9.33. The van der Waals surface area contributed by atoms with E-state index in [1.807, 2.05) is 30.3 Å². The summed E-state index contributed by atoms with van der Waals surface area (Å²) in [5, 5.41) is 10.2. The van der Waals surface area contributed by atoms with Gasteiger partial charge < -0.3 is 5.11 Å². The summed E-state index contributed by atoms with van der Waals surface area (Å²) < 4.78 is 0. The highest BCUT2D eigenvalue weighted by molar-refractivity contribution is 5.19. The zero-order valence-electron chi connectivity index (χ0n) is 9.33. The van der Waals surface area contributed by atoms with Gasteiger partial charge in [-0.25, -0.2) is 0 Å². The molecule has 1 aromatic rings. The van der Waals surface area contributed by atoms with Crippen LogP contribution in [0.25, 0.3) is 0 Å². The van der Waals surface area contributed by atoms with Crippen molar-refractivity contribution in [3.05, 3.63) is 35.9 Å². The molecule has 0 aliphatic carbocycles. The van der Waals surface area contributed by atoms with Gasteiger partial charge in [-0.2, -0.15) is 0 Å². The van der Waals surface area contributed by atoms with E-state index in [-0.39, 0.29) is 11.5 Å². The summed E-state index contributed by atoms with van der Waals surface area (Å²) in [6.07, 6.45) is 1.80. The molecule has 0 aliphatic heterocycles. The number of rotatable bonds is 4. The fraction of sp³-hybridized carbons (Fsp3) is 0.538. The molecule has 1 N–H and O–H groups in total. The van der Waals surface area contributed by atoms with E-state index >= 15 is 0 Å². The third-order valence-corrected chi connectivity index (χ3v) is 2.75. The van der Waals surface area contributed by atoms with Gasteiger partial charge in [0.05, 0.1) is 6.10 Å². The molecule has 0 amide bonds. The first-order valence-corrected chi connectivity index (χ1v) is 5.31. The van der Waals surface area contributed by atoms with Crippen molar-refractivity contribution < 1.29 is 5.11 Å². The average molecular weight is 192 g/mol. The number of aliphatic hydroxyl groups excluding tert-OH is 1. The van der Waals surface area contributed by atoms with Crippen molar-refractivity contribution in [3.8, 4) is 0 Å². The van der Waals surface area contributed by atoms with Crippen molar-refractivity contribution in [2.75, 3.05) is 0 Å². The van der Waals surface area contributed by atoms with E-state index in [0.717, 1.165) is 18.4 Å². The number of hydrogen-bond donors (Lipinski definition) is 1. The Kier molecular flexibility index (Phi) is 3.70. The Hall–Kier alpha value is -0.820. The maximum atomic E-state index is 10.2. The summed E-state index contributed by atoms with van der Waals surface area (Å²) in [5.74, 6) is 0. The molecule has 1 unspecified atom stereocenters. The van der Waals surface area contributed by atoms with Crippen LogP contribution in [0.15, 0.2) is 30.3 Å². The Morgan fingerprint density at radius 1 is 1.21 bits per heavy atom. The number of benzene rings is 1. The predicted octanol–water partition coefficient (Wildman–Crippen LogP) is 3.55. The fourth-order valence-corrected chi connectivity index (χ4v) is 1.87. The predicted molar refractivity (Wildman–Crippen MR) is 60.1 cm³/mol. The molecule has 1 heteroatoms. The molecule has 78 valence electrons. The van der Waals surface area contributed by atoms with Crippen LogP contribution in [0.3, 0.4) is 0 Å². The van der Waals surface area contributed by atoms with E-state index < -0.39 is 0 Å². The van der Waals surface area contributed by atoms with Gasteiger partial charge in [0.15, 0.2) is 0 Å². The van der Waals surface area contributed by atoms with E-state index in [9.17, 15) is 5.11 Å². The molecule has 0 aromatic heterocycles. The van der Waals surface area contributed by atoms with Crippen LogP contribution in [0, 0.1) is 5.41 Å². The maximum absolute atomic E-state index is 10.2. The fourth-order valence-electron chi connectivity index (χ4n) is 1.87. The van der Waals surface area contributed by atoms with Gasteiger partial charge in [-0.05, 0) is 17.4 Å². The lowest BCUT2D eigenvalue weighted by atomic mass is 9.79. The molecule has 0 bridgehead atoms. The lowest BCUT2D eigenvalue weighted by Gasteiger charge is -2.30. The molecular weight excluding hydrogens is 172 g/mol. The molecule has 1 atom stereocenters. The van der Waals surface area contributed by atoms with Crippen LogP contribution in [0.5, 0.6) is 0 Å². The SMILES string of the molecule is CCCC(C)(C)C(O)c1ccccc1. The van der Waals surface area contributed by atoms with Crippen molar-refractivity contribution in [2.45, 2.75) is 39.7 Å². The van der Waals surface area contributed by atoms with Crippen LogP contribution in [-0.4, -0.2) is 5.11 Å². The highest BCUT2D eigenvalue weighted by atomic mass is 16.3. The monoisotopic (exact) mass is 192 g/mol. The minimum Gasteiger partial charge on any atom is -0.388 e. The second-order valence-corrected chi connectivity index (χ2v) is 4.55. The van der Waals surface area contributed by atoms with E-state index in [1.165, 1.54) is 0 Å². The van der Waals surface area contributed by atoms with Crippen molar-refractivity contribution in [1.82, 2.24) is 0 Å². The standard InChI is InChI=1S/C13H20O/c1-4-10-13(2,3)12(14)11-8-6-5-7-9-11/h5-9,12,14H,4,10H2,1-3H3. The van der Waals surface area contributed by atoms with Crippen LogP contribution in [-0.2, 0) is 0 Å². The van der Waals surface area contributed by atoms with Gasteiger partial charge in [-0.15, -0.1) is 0 Å². The maximum Gasteiger partial charge on any atom is 0.0840 e. The van der Waals surface area contributed by atoms with E-state index in [2.05, 4.69) is 20.8 Å². The Morgan fingerprint density at radius 3 is 2.29 bits per heavy atom. The summed E-state index contributed by atoms with van der Waals surface area (Å²) in [6.45, 7) is 6.39. The van der Waals surface area contributed by atoms with Crippen LogP contribution in [0.4, 0.5) is 0 Å². The minimum absolute atomic E-state index is 0.0316. The molecule has 0 fully saturated rings. The molecule has 0 spiro atoms. The Bertz CT molecular complexity index is 264. The number of hydrogen-bond acceptors (Lipinski definition) is 1. The number of aliphatic hydroxyl groups is 1. The van der Waals surface area contributed by atoms with Crippen LogP contribution in [0.2, 0.25) is 0 Å². The van der Waals surface area contributed by atoms with Gasteiger partial charge in [0.25, 0.3) is 0 Å². The normalized spacial score (nSPS) is 14.0. The first-order valence-electron chi connectivity index (χ1n) is 5.31. The molecule has 1 aromatic carbocycles. The van der Waals surface area contributed by atoms with Crippen LogP contribution < -0.4 is 0 Å². The Balaban J connectivity index is 2.79. The molecule has 14 heavy (non-hydrogen) atoms. The lowest BCUT2D eigenvalue weighted by molar-refractivity contribution is 0.0425. The van der Waals surface area contributed by atoms with E-state index in [0.29, 0.717) is 0 Å². The molecule has 0 heterocycles. The van der Waals surface area contributed by atoms with E-state index in [4.69, 9.17) is 0 Å². The second kappa shape index (κ2) is 4.61. The molecular formula is C13H20O. The molecule has 0 aliphatic rings. The van der Waals surface area contributed by atoms with Gasteiger partial charge >= 0.3 is 0 Å². The average Bonchev–Trinajstić information content (AvgIpc) is 2.18. The summed E-state index contributed by atoms with van der Waals surface area (Å²) in [5.41, 5.74) is 0.988. The Morgan fingerprint density at radius 2 is 1.79 bits per heavy atom. The quantitative estimate of drug-likeness (QED) is 0.773. The van der Waals surface area contributed by atoms with Gasteiger partial charge in [-0.1, -0.05) is 57.5 Å². The largest absolute Gasteiger partial charge is 0.388 e. The van der Waals surface area contributed by atoms with Gasteiger partial charge in [-0.3, -0.25) is 0 Å². The van der Waals surface area contributed by atoms with Crippen LogP contribution in [0.1, 0.15) is 45.3 Å². The summed E-state index contributed by atoms with van der Waals surface area (Å²) in [7, 11) is 0. The second-order valence-electron chi connectivity index (χ2n) is 4.55. The molecule has 0 saturated heterocycles. The first-order chi connectivity index (χ1) is 6.58. The Labute approximate surface area is 86.8 Å². The van der Waals surface area contributed by atoms with Crippen molar-refractivity contribution in [1.29, 1.82) is 0 Å². The summed E-state index contributed by atoms with van der Waals surface area (Å²) in [4.78, 5) is 0. The van der Waals surface area contributed by atoms with Crippen molar-refractivity contribution >= 4 is 0 Å². The molecule has 0 saturated carbocycles. The molecule has 1 rings (SSSR count).